The zero-order valence-electron chi connectivity index (χ0n) is 17.1. The highest BCUT2D eigenvalue weighted by Crippen LogP contribution is 2.21. The van der Waals surface area contributed by atoms with E-state index in [1.54, 1.807) is 0 Å². The molecule has 8 heteroatoms. The number of morpholine rings is 2. The van der Waals surface area contributed by atoms with Crippen LogP contribution in [0, 0.1) is 6.92 Å². The van der Waals surface area contributed by atoms with Crippen LogP contribution in [0.15, 0.2) is 30.5 Å². The van der Waals surface area contributed by atoms with E-state index in [1.165, 1.54) is 5.69 Å². The van der Waals surface area contributed by atoms with Gasteiger partial charge < -0.3 is 25.0 Å². The number of hydrogen-bond donors (Lipinski definition) is 2. The Morgan fingerprint density at radius 1 is 0.966 bits per heavy atom. The number of rotatable bonds is 7. The first kappa shape index (κ1) is 19.9. The minimum Gasteiger partial charge on any atom is -0.379 e. The van der Waals surface area contributed by atoms with Crippen molar-refractivity contribution in [3.05, 3.63) is 36.0 Å². The summed E-state index contributed by atoms with van der Waals surface area (Å²) in [5.74, 6) is 1.48. The number of ether oxygens (including phenoxy) is 2. The average molecular weight is 399 g/mol. The molecule has 0 saturated carbocycles. The monoisotopic (exact) mass is 398 g/mol. The lowest BCUT2D eigenvalue weighted by Gasteiger charge is -2.28. The van der Waals surface area contributed by atoms with Gasteiger partial charge in [0.05, 0.1) is 26.4 Å². The Morgan fingerprint density at radius 3 is 2.38 bits per heavy atom. The third-order valence-corrected chi connectivity index (χ3v) is 5.30. The van der Waals surface area contributed by atoms with E-state index < -0.39 is 0 Å². The normalized spacial score (nSPS) is 17.9. The van der Waals surface area contributed by atoms with Crippen molar-refractivity contribution in [2.75, 3.05) is 81.2 Å². The van der Waals surface area contributed by atoms with Gasteiger partial charge in [-0.1, -0.05) is 0 Å². The van der Waals surface area contributed by atoms with Gasteiger partial charge in [-0.2, -0.15) is 4.98 Å². The summed E-state index contributed by atoms with van der Waals surface area (Å²) in [5, 5.41) is 6.76. The van der Waals surface area contributed by atoms with Crippen LogP contribution >= 0.6 is 0 Å². The Kier molecular flexibility index (Phi) is 6.76. The van der Waals surface area contributed by atoms with Crippen LogP contribution in [0.1, 0.15) is 5.56 Å². The molecular formula is C21H30N6O2. The smallest absolute Gasteiger partial charge is 0.229 e. The van der Waals surface area contributed by atoms with Crippen molar-refractivity contribution in [2.24, 2.45) is 0 Å². The summed E-state index contributed by atoms with van der Waals surface area (Å²) in [6, 6.07) is 8.39. The second kappa shape index (κ2) is 9.87. The molecule has 2 N–H and O–H groups in total. The van der Waals surface area contributed by atoms with Gasteiger partial charge in [-0.15, -0.1) is 0 Å². The maximum atomic E-state index is 5.42. The summed E-state index contributed by atoms with van der Waals surface area (Å²) in [5.41, 5.74) is 3.24. The van der Waals surface area contributed by atoms with Crippen LogP contribution in [0.25, 0.3) is 0 Å². The maximum absolute atomic E-state index is 5.42. The van der Waals surface area contributed by atoms with E-state index in [9.17, 15) is 0 Å². The van der Waals surface area contributed by atoms with Crippen molar-refractivity contribution < 1.29 is 9.47 Å². The van der Waals surface area contributed by atoms with E-state index in [0.29, 0.717) is 5.95 Å². The molecule has 2 saturated heterocycles. The van der Waals surface area contributed by atoms with Crippen molar-refractivity contribution in [1.82, 2.24) is 14.9 Å². The van der Waals surface area contributed by atoms with Crippen LogP contribution in [0.5, 0.6) is 0 Å². The summed E-state index contributed by atoms with van der Waals surface area (Å²) < 4.78 is 10.8. The van der Waals surface area contributed by atoms with Gasteiger partial charge in [0.15, 0.2) is 0 Å². The molecule has 0 radical (unpaired) electrons. The van der Waals surface area contributed by atoms with Crippen LogP contribution < -0.4 is 15.5 Å². The van der Waals surface area contributed by atoms with Crippen LogP contribution in [0.3, 0.4) is 0 Å². The van der Waals surface area contributed by atoms with Gasteiger partial charge in [-0.05, 0) is 31.2 Å². The molecule has 0 atom stereocenters. The zero-order valence-corrected chi connectivity index (χ0v) is 17.1. The largest absolute Gasteiger partial charge is 0.379 e. The molecule has 2 fully saturated rings. The van der Waals surface area contributed by atoms with Gasteiger partial charge in [0.25, 0.3) is 0 Å². The first-order valence-corrected chi connectivity index (χ1v) is 10.4. The summed E-state index contributed by atoms with van der Waals surface area (Å²) in [4.78, 5) is 13.8. The summed E-state index contributed by atoms with van der Waals surface area (Å²) >= 11 is 0. The molecule has 0 unspecified atom stereocenters. The fraction of sp³-hybridized carbons (Fsp3) is 0.524. The predicted molar refractivity (Wildman–Crippen MR) is 115 cm³/mol. The van der Waals surface area contributed by atoms with E-state index in [4.69, 9.17) is 9.47 Å². The second-order valence-electron chi connectivity index (χ2n) is 7.38. The quantitative estimate of drug-likeness (QED) is 0.735. The third-order valence-electron chi connectivity index (χ3n) is 5.30. The number of nitrogens with zero attached hydrogens (tertiary/aromatic N) is 4. The van der Waals surface area contributed by atoms with Crippen LogP contribution in [0.2, 0.25) is 0 Å². The summed E-state index contributed by atoms with van der Waals surface area (Å²) in [6.45, 7) is 11.0. The lowest BCUT2D eigenvalue weighted by Crippen LogP contribution is -2.39. The number of benzene rings is 1. The van der Waals surface area contributed by atoms with Crippen LogP contribution in [-0.2, 0) is 9.47 Å². The highest BCUT2D eigenvalue weighted by atomic mass is 16.5. The van der Waals surface area contributed by atoms with E-state index in [1.807, 2.05) is 13.1 Å². The topological polar surface area (TPSA) is 74.8 Å². The fourth-order valence-corrected chi connectivity index (χ4v) is 3.54. The van der Waals surface area contributed by atoms with Crippen molar-refractivity contribution in [3.63, 3.8) is 0 Å². The van der Waals surface area contributed by atoms with Crippen molar-refractivity contribution in [2.45, 2.75) is 6.92 Å². The van der Waals surface area contributed by atoms with Crippen molar-refractivity contribution in [3.8, 4) is 0 Å². The molecule has 156 valence electrons. The van der Waals surface area contributed by atoms with E-state index >= 15 is 0 Å². The number of anilines is 4. The van der Waals surface area contributed by atoms with Gasteiger partial charge in [-0.25, -0.2) is 4.98 Å². The Morgan fingerprint density at radius 2 is 1.66 bits per heavy atom. The highest BCUT2D eigenvalue weighted by Gasteiger charge is 2.12. The molecule has 2 aromatic rings. The van der Waals surface area contributed by atoms with Crippen molar-refractivity contribution >= 4 is 23.1 Å². The lowest BCUT2D eigenvalue weighted by molar-refractivity contribution is 0.0398. The summed E-state index contributed by atoms with van der Waals surface area (Å²) in [6.07, 6.45) is 1.86. The molecule has 0 spiro atoms. The van der Waals surface area contributed by atoms with Crippen LogP contribution in [-0.4, -0.2) is 80.6 Å². The van der Waals surface area contributed by atoms with Gasteiger partial charge in [0, 0.05) is 62.4 Å². The molecule has 1 aromatic carbocycles. The Hall–Kier alpha value is -2.42. The number of nitrogens with one attached hydrogen (secondary N) is 2. The molecule has 8 nitrogen and oxygen atoms in total. The van der Waals surface area contributed by atoms with E-state index in [-0.39, 0.29) is 0 Å². The molecule has 29 heavy (non-hydrogen) atoms. The molecule has 3 heterocycles. The maximum Gasteiger partial charge on any atom is 0.229 e. The third kappa shape index (κ3) is 5.56. The lowest BCUT2D eigenvalue weighted by atomic mass is 10.2. The van der Waals surface area contributed by atoms with Gasteiger partial charge in [-0.3, -0.25) is 4.90 Å². The minimum absolute atomic E-state index is 0.601. The molecule has 4 rings (SSSR count). The molecule has 2 aliphatic heterocycles. The van der Waals surface area contributed by atoms with Crippen molar-refractivity contribution in [1.29, 1.82) is 0 Å². The van der Waals surface area contributed by atoms with E-state index in [2.05, 4.69) is 54.7 Å². The average Bonchev–Trinajstić information content (AvgIpc) is 2.78. The highest BCUT2D eigenvalue weighted by molar-refractivity contribution is 5.60. The van der Waals surface area contributed by atoms with Crippen LogP contribution in [0.4, 0.5) is 23.1 Å². The van der Waals surface area contributed by atoms with Gasteiger partial charge >= 0.3 is 0 Å². The molecule has 0 bridgehead atoms. The molecule has 2 aliphatic rings. The zero-order chi connectivity index (χ0) is 19.9. The molecule has 1 aromatic heterocycles. The Bertz CT molecular complexity index is 773. The fourth-order valence-electron chi connectivity index (χ4n) is 3.54. The molecule has 0 aliphatic carbocycles. The van der Waals surface area contributed by atoms with Gasteiger partial charge in [0.2, 0.25) is 5.95 Å². The molecule has 0 amide bonds. The second-order valence-corrected chi connectivity index (χ2v) is 7.38. The Balaban J connectivity index is 1.33. The first-order valence-electron chi connectivity index (χ1n) is 10.4. The standard InChI is InChI=1S/C21H30N6O2/c1-17-16-23-21(25-20(17)22-6-7-26-8-12-28-13-9-26)24-18-2-4-19(5-3-18)27-10-14-29-15-11-27/h2-5,16H,6-15H2,1H3,(H2,22,23,24,25). The number of aromatic nitrogens is 2. The SMILES string of the molecule is Cc1cnc(Nc2ccc(N3CCOCC3)cc2)nc1NCCN1CCOCC1. The minimum atomic E-state index is 0.601. The predicted octanol–water partition coefficient (Wildman–Crippen LogP) is 2.11. The molecular weight excluding hydrogens is 368 g/mol. The number of aryl methyl sites for hydroxylation is 1. The summed E-state index contributed by atoms with van der Waals surface area (Å²) in [7, 11) is 0. The Labute approximate surface area is 172 Å². The first-order chi connectivity index (χ1) is 14.3. The van der Waals surface area contributed by atoms with Gasteiger partial charge in [0.1, 0.15) is 5.82 Å². The number of hydrogen-bond acceptors (Lipinski definition) is 8. The van der Waals surface area contributed by atoms with E-state index in [0.717, 1.165) is 82.8 Å².